The van der Waals surface area contributed by atoms with Crippen LogP contribution in [0.15, 0.2) is 90.1 Å². The van der Waals surface area contributed by atoms with E-state index < -0.39 is 0 Å². The normalized spacial score (nSPS) is 14.2. The summed E-state index contributed by atoms with van der Waals surface area (Å²) < 4.78 is 2.13. The van der Waals surface area contributed by atoms with Gasteiger partial charge in [0.05, 0.1) is 0 Å². The first-order valence-electron chi connectivity index (χ1n) is 14.0. The molecule has 1 saturated heterocycles. The van der Waals surface area contributed by atoms with Crippen molar-refractivity contribution in [3.8, 4) is 17.1 Å². The second kappa shape index (κ2) is 13.6. The van der Waals surface area contributed by atoms with Crippen LogP contribution in [0.25, 0.3) is 23.2 Å². The van der Waals surface area contributed by atoms with E-state index in [1.165, 1.54) is 16.7 Å². The van der Waals surface area contributed by atoms with Crippen molar-refractivity contribution in [1.29, 1.82) is 0 Å². The minimum atomic E-state index is 0.250. The molecule has 7 heteroatoms. The van der Waals surface area contributed by atoms with Gasteiger partial charge in [-0.1, -0.05) is 102 Å². The molecule has 1 amide bonds. The summed E-state index contributed by atoms with van der Waals surface area (Å²) in [7, 11) is 0. The smallest absolute Gasteiger partial charge is 0.222 e. The van der Waals surface area contributed by atoms with Gasteiger partial charge in [-0.25, -0.2) is 0 Å². The van der Waals surface area contributed by atoms with Crippen molar-refractivity contribution in [3.63, 3.8) is 0 Å². The Hall–Kier alpha value is -3.68. The number of hydrogen-bond donors (Lipinski definition) is 0. The van der Waals surface area contributed by atoms with Crippen LogP contribution in [-0.2, 0) is 4.79 Å². The van der Waals surface area contributed by atoms with Gasteiger partial charge in [-0.15, -0.1) is 10.2 Å². The Bertz CT molecular complexity index is 1410. The summed E-state index contributed by atoms with van der Waals surface area (Å²) in [5, 5.41) is 9.95. The van der Waals surface area contributed by atoms with Gasteiger partial charge in [0, 0.05) is 56.1 Å². The number of aromatic nitrogens is 3. The van der Waals surface area contributed by atoms with Crippen LogP contribution < -0.4 is 0 Å². The van der Waals surface area contributed by atoms with Gasteiger partial charge in [0.2, 0.25) is 5.91 Å². The molecular weight excluding hydrogens is 514 g/mol. The van der Waals surface area contributed by atoms with E-state index in [-0.39, 0.29) is 5.91 Å². The van der Waals surface area contributed by atoms with Gasteiger partial charge in [0.1, 0.15) is 0 Å². The number of nitrogens with zero attached hydrogens (tertiary/aromatic N) is 5. The average molecular weight is 552 g/mol. The first-order valence-corrected chi connectivity index (χ1v) is 15.0. The fourth-order valence-electron chi connectivity index (χ4n) is 4.81. The van der Waals surface area contributed by atoms with Crippen LogP contribution in [0.5, 0.6) is 0 Å². The lowest BCUT2D eigenvalue weighted by atomic mass is 10.1. The molecule has 0 spiro atoms. The quantitative estimate of drug-likeness (QED) is 0.172. The predicted octanol–water partition coefficient (Wildman–Crippen LogP) is 6.28. The SMILES string of the molecule is Cc1ccc(-c2nnc(SCCCC(=O)N3CCN(C/C=C/c4ccccc4)CC3)n2-c2ccc(C)cc2)cc1. The lowest BCUT2D eigenvalue weighted by Gasteiger charge is -2.34. The predicted molar refractivity (Wildman–Crippen MR) is 165 cm³/mol. The number of rotatable bonds is 10. The summed E-state index contributed by atoms with van der Waals surface area (Å²) in [5.41, 5.74) is 5.73. The van der Waals surface area contributed by atoms with Crippen molar-refractivity contribution in [2.45, 2.75) is 31.8 Å². The Balaban J connectivity index is 1.12. The van der Waals surface area contributed by atoms with Crippen molar-refractivity contribution in [3.05, 3.63) is 102 Å². The molecule has 1 aliphatic rings. The van der Waals surface area contributed by atoms with Gasteiger partial charge in [-0.3, -0.25) is 14.3 Å². The summed E-state index contributed by atoms with van der Waals surface area (Å²) >= 11 is 1.66. The molecule has 0 radical (unpaired) electrons. The first-order chi connectivity index (χ1) is 19.6. The Labute approximate surface area is 241 Å². The van der Waals surface area contributed by atoms with Crippen molar-refractivity contribution >= 4 is 23.7 Å². The molecule has 0 unspecified atom stereocenters. The minimum Gasteiger partial charge on any atom is -0.340 e. The van der Waals surface area contributed by atoms with E-state index >= 15 is 0 Å². The standard InChI is InChI=1S/C33H37N5OS/c1-26-12-16-29(17-13-26)32-34-35-33(38(32)30-18-14-27(2)15-19-30)40-25-7-11-31(39)37-23-21-36(22-24-37)20-6-10-28-8-4-3-5-9-28/h3-6,8-10,12-19H,7,11,20-25H2,1-2H3/b10-6+. The molecule has 1 aromatic heterocycles. The molecule has 5 rings (SSSR count). The molecule has 40 heavy (non-hydrogen) atoms. The number of hydrogen-bond acceptors (Lipinski definition) is 5. The number of amides is 1. The maximum atomic E-state index is 12.9. The lowest BCUT2D eigenvalue weighted by Crippen LogP contribution is -2.48. The zero-order chi connectivity index (χ0) is 27.7. The molecule has 0 atom stereocenters. The molecule has 0 bridgehead atoms. The molecule has 0 aliphatic carbocycles. The van der Waals surface area contributed by atoms with Crippen LogP contribution in [-0.4, -0.2) is 68.9 Å². The monoisotopic (exact) mass is 551 g/mol. The van der Waals surface area contributed by atoms with Crippen LogP contribution in [0.1, 0.15) is 29.5 Å². The lowest BCUT2D eigenvalue weighted by molar-refractivity contribution is -0.132. The maximum Gasteiger partial charge on any atom is 0.222 e. The number of carbonyl (C=O) groups excluding carboxylic acids is 1. The van der Waals surface area contributed by atoms with Gasteiger partial charge in [0.25, 0.3) is 0 Å². The van der Waals surface area contributed by atoms with E-state index in [0.717, 1.165) is 67.1 Å². The Morgan fingerprint density at radius 3 is 2.23 bits per heavy atom. The third-order valence-electron chi connectivity index (χ3n) is 7.20. The summed E-state index contributed by atoms with van der Waals surface area (Å²) in [4.78, 5) is 17.3. The van der Waals surface area contributed by atoms with E-state index in [0.29, 0.717) is 6.42 Å². The summed E-state index contributed by atoms with van der Waals surface area (Å²) in [5.74, 6) is 1.90. The molecule has 206 valence electrons. The molecule has 0 N–H and O–H groups in total. The van der Waals surface area contributed by atoms with Crippen molar-refractivity contribution in [2.75, 3.05) is 38.5 Å². The molecule has 4 aromatic rings. The fourth-order valence-corrected chi connectivity index (χ4v) is 5.70. The zero-order valence-corrected chi connectivity index (χ0v) is 24.2. The topological polar surface area (TPSA) is 54.3 Å². The molecule has 3 aromatic carbocycles. The maximum absolute atomic E-state index is 12.9. The molecule has 2 heterocycles. The van der Waals surface area contributed by atoms with Crippen LogP contribution in [0.3, 0.4) is 0 Å². The van der Waals surface area contributed by atoms with Crippen LogP contribution in [0.4, 0.5) is 0 Å². The second-order valence-electron chi connectivity index (χ2n) is 10.3. The van der Waals surface area contributed by atoms with Gasteiger partial charge >= 0.3 is 0 Å². The molecule has 6 nitrogen and oxygen atoms in total. The molecule has 1 aliphatic heterocycles. The molecule has 0 saturated carbocycles. The summed E-state index contributed by atoms with van der Waals surface area (Å²) in [6, 6.07) is 27.2. The van der Waals surface area contributed by atoms with Crippen molar-refractivity contribution in [1.82, 2.24) is 24.6 Å². The summed E-state index contributed by atoms with van der Waals surface area (Å²) in [6.07, 6.45) is 5.75. The third-order valence-corrected chi connectivity index (χ3v) is 8.22. The van der Waals surface area contributed by atoms with Gasteiger partial charge in [-0.05, 0) is 38.0 Å². The van der Waals surface area contributed by atoms with Crippen LogP contribution >= 0.6 is 11.8 Å². The average Bonchev–Trinajstić information content (AvgIpc) is 3.41. The van der Waals surface area contributed by atoms with E-state index in [2.05, 4.69) is 118 Å². The van der Waals surface area contributed by atoms with Gasteiger partial charge in [0.15, 0.2) is 11.0 Å². The highest BCUT2D eigenvalue weighted by molar-refractivity contribution is 7.99. The third kappa shape index (κ3) is 7.29. The fraction of sp³-hybridized carbons (Fsp3) is 0.303. The van der Waals surface area contributed by atoms with Gasteiger partial charge in [-0.2, -0.15) is 0 Å². The number of benzene rings is 3. The zero-order valence-electron chi connectivity index (χ0n) is 23.4. The number of aryl methyl sites for hydroxylation is 2. The van der Waals surface area contributed by atoms with Crippen molar-refractivity contribution < 1.29 is 4.79 Å². The Kier molecular flexibility index (Phi) is 9.47. The highest BCUT2D eigenvalue weighted by Crippen LogP contribution is 2.29. The Morgan fingerprint density at radius 1 is 0.850 bits per heavy atom. The highest BCUT2D eigenvalue weighted by atomic mass is 32.2. The van der Waals surface area contributed by atoms with E-state index in [9.17, 15) is 4.79 Å². The largest absolute Gasteiger partial charge is 0.340 e. The minimum absolute atomic E-state index is 0.250. The van der Waals surface area contributed by atoms with E-state index in [1.54, 1.807) is 11.8 Å². The second-order valence-corrected chi connectivity index (χ2v) is 11.4. The highest BCUT2D eigenvalue weighted by Gasteiger charge is 2.21. The van der Waals surface area contributed by atoms with Gasteiger partial charge < -0.3 is 4.90 Å². The first kappa shape index (κ1) is 27.9. The van der Waals surface area contributed by atoms with E-state index in [4.69, 9.17) is 0 Å². The Morgan fingerprint density at radius 2 is 1.52 bits per heavy atom. The number of piperazine rings is 1. The summed E-state index contributed by atoms with van der Waals surface area (Å²) in [6.45, 7) is 8.52. The number of thioether (sulfide) groups is 1. The molecule has 1 fully saturated rings. The van der Waals surface area contributed by atoms with Crippen LogP contribution in [0.2, 0.25) is 0 Å². The molecular formula is C33H37N5OS. The van der Waals surface area contributed by atoms with Crippen molar-refractivity contribution in [2.24, 2.45) is 0 Å². The van der Waals surface area contributed by atoms with E-state index in [1.807, 2.05) is 11.0 Å². The van der Waals surface area contributed by atoms with Crippen LogP contribution in [0, 0.1) is 13.8 Å². The number of carbonyl (C=O) groups is 1.